The predicted octanol–water partition coefficient (Wildman–Crippen LogP) is 3.82. The van der Waals surface area contributed by atoms with Gasteiger partial charge in [0.2, 0.25) is 0 Å². The highest BCUT2D eigenvalue weighted by atomic mass is 79.9. The first-order valence-corrected chi connectivity index (χ1v) is 6.08. The van der Waals surface area contributed by atoms with Crippen molar-refractivity contribution in [3.05, 3.63) is 34.1 Å². The van der Waals surface area contributed by atoms with E-state index in [1.807, 2.05) is 13.8 Å². The van der Waals surface area contributed by atoms with Crippen LogP contribution in [0.15, 0.2) is 22.7 Å². The molecule has 1 fully saturated rings. The van der Waals surface area contributed by atoms with Gasteiger partial charge in [-0.25, -0.2) is 9.18 Å². The van der Waals surface area contributed by atoms with E-state index in [1.165, 1.54) is 6.07 Å². The number of alkyl carbamates (subject to hydrolysis) is 1. The van der Waals surface area contributed by atoms with Crippen LogP contribution in [0.2, 0.25) is 0 Å². The van der Waals surface area contributed by atoms with Gasteiger partial charge in [0.25, 0.3) is 0 Å². The molecular formula is C12H14BrClFNO2. The Hall–Kier alpha value is -0.810. The highest BCUT2D eigenvalue weighted by Crippen LogP contribution is 2.39. The molecule has 1 aromatic carbocycles. The lowest BCUT2D eigenvalue weighted by atomic mass is 9.80. The molecule has 2 rings (SSSR count). The van der Waals surface area contributed by atoms with Gasteiger partial charge < -0.3 is 10.1 Å². The van der Waals surface area contributed by atoms with Crippen molar-refractivity contribution >= 4 is 34.4 Å². The fraction of sp³-hybridized carbons (Fsp3) is 0.417. The van der Waals surface area contributed by atoms with E-state index in [4.69, 9.17) is 4.74 Å². The van der Waals surface area contributed by atoms with Crippen molar-refractivity contribution in [2.24, 2.45) is 5.41 Å². The van der Waals surface area contributed by atoms with E-state index < -0.39 is 6.09 Å². The minimum absolute atomic E-state index is 0. The predicted molar refractivity (Wildman–Crippen MR) is 72.4 cm³/mol. The number of amides is 1. The largest absolute Gasteiger partial charge is 0.449 e. The van der Waals surface area contributed by atoms with Crippen LogP contribution in [-0.4, -0.2) is 12.7 Å². The van der Waals surface area contributed by atoms with E-state index in [0.29, 0.717) is 11.1 Å². The molecule has 1 aromatic rings. The van der Waals surface area contributed by atoms with Crippen LogP contribution in [0, 0.1) is 11.2 Å². The molecule has 0 unspecified atom stereocenters. The second kappa shape index (κ2) is 5.45. The van der Waals surface area contributed by atoms with Crippen molar-refractivity contribution in [3.8, 4) is 0 Å². The Labute approximate surface area is 120 Å². The minimum atomic E-state index is -0.467. The molecule has 6 heteroatoms. The maximum Gasteiger partial charge on any atom is 0.407 e. The van der Waals surface area contributed by atoms with Gasteiger partial charge in [0.15, 0.2) is 0 Å². The molecule has 0 aromatic heterocycles. The summed E-state index contributed by atoms with van der Waals surface area (Å²) in [6.07, 6.45) is -0.467. The molecule has 100 valence electrons. The second-order valence-corrected chi connectivity index (χ2v) is 5.58. The summed E-state index contributed by atoms with van der Waals surface area (Å²) in [5, 5.41) is 2.73. The molecule has 1 aliphatic rings. The lowest BCUT2D eigenvalue weighted by Crippen LogP contribution is -2.47. The first kappa shape index (κ1) is 15.2. The summed E-state index contributed by atoms with van der Waals surface area (Å²) in [6, 6.07) is 4.54. The van der Waals surface area contributed by atoms with E-state index >= 15 is 0 Å². The van der Waals surface area contributed by atoms with Crippen molar-refractivity contribution in [1.29, 1.82) is 0 Å². The van der Waals surface area contributed by atoms with E-state index in [1.54, 1.807) is 12.1 Å². The fourth-order valence-electron chi connectivity index (χ4n) is 1.93. The quantitative estimate of drug-likeness (QED) is 0.845. The van der Waals surface area contributed by atoms with Gasteiger partial charge >= 0.3 is 6.09 Å². The van der Waals surface area contributed by atoms with Gasteiger partial charge in [-0.15, -0.1) is 12.4 Å². The van der Waals surface area contributed by atoms with E-state index in [2.05, 4.69) is 21.2 Å². The van der Waals surface area contributed by atoms with Crippen molar-refractivity contribution in [2.45, 2.75) is 19.9 Å². The van der Waals surface area contributed by atoms with E-state index in [-0.39, 0.29) is 29.7 Å². The second-order valence-electron chi connectivity index (χ2n) is 4.79. The topological polar surface area (TPSA) is 38.3 Å². The smallest absolute Gasteiger partial charge is 0.407 e. The van der Waals surface area contributed by atoms with Gasteiger partial charge in [0, 0.05) is 5.41 Å². The Morgan fingerprint density at radius 3 is 2.83 bits per heavy atom. The zero-order valence-corrected chi connectivity index (χ0v) is 12.4. The molecule has 1 heterocycles. The average molecular weight is 339 g/mol. The van der Waals surface area contributed by atoms with Gasteiger partial charge in [-0.2, -0.15) is 0 Å². The maximum atomic E-state index is 13.5. The zero-order chi connectivity index (χ0) is 12.6. The third-order valence-electron chi connectivity index (χ3n) is 2.91. The van der Waals surface area contributed by atoms with E-state index in [0.717, 1.165) is 5.56 Å². The van der Waals surface area contributed by atoms with Crippen LogP contribution in [0.1, 0.15) is 25.5 Å². The first-order valence-electron chi connectivity index (χ1n) is 5.29. The van der Waals surface area contributed by atoms with Gasteiger partial charge in [0.1, 0.15) is 12.4 Å². The highest BCUT2D eigenvalue weighted by molar-refractivity contribution is 9.10. The standard InChI is InChI=1S/C12H13BrFNO2.ClH/c1-12(2)6-17-11(16)15-10(12)7-4-3-5-8(14)9(7)13;/h3-5,10H,6H2,1-2H3,(H,15,16);1H/t10-;/m0./s1. The number of nitrogens with one attached hydrogen (secondary N) is 1. The fourth-order valence-corrected chi connectivity index (χ4v) is 2.43. The van der Waals surface area contributed by atoms with Crippen molar-refractivity contribution in [3.63, 3.8) is 0 Å². The monoisotopic (exact) mass is 337 g/mol. The van der Waals surface area contributed by atoms with Gasteiger partial charge in [0.05, 0.1) is 10.5 Å². The number of carbonyl (C=O) groups is 1. The number of hydrogen-bond donors (Lipinski definition) is 1. The molecule has 0 bridgehead atoms. The number of carbonyl (C=O) groups excluding carboxylic acids is 1. The zero-order valence-electron chi connectivity index (χ0n) is 10.00. The first-order chi connectivity index (χ1) is 7.92. The summed E-state index contributed by atoms with van der Waals surface area (Å²) in [6.45, 7) is 4.25. The molecule has 3 nitrogen and oxygen atoms in total. The van der Waals surface area contributed by atoms with Crippen LogP contribution in [0.25, 0.3) is 0 Å². The summed E-state index contributed by atoms with van der Waals surface area (Å²) in [5.41, 5.74) is 0.441. The van der Waals surface area contributed by atoms with Crippen LogP contribution < -0.4 is 5.32 Å². The summed E-state index contributed by atoms with van der Waals surface area (Å²) < 4.78 is 18.8. The Kier molecular flexibility index (Phi) is 4.61. The van der Waals surface area contributed by atoms with E-state index in [9.17, 15) is 9.18 Å². The lowest BCUT2D eigenvalue weighted by Gasteiger charge is -2.38. The summed E-state index contributed by atoms with van der Waals surface area (Å²) in [5.74, 6) is -0.334. The number of ether oxygens (including phenoxy) is 1. The van der Waals surface area contributed by atoms with Crippen molar-refractivity contribution in [1.82, 2.24) is 5.32 Å². The van der Waals surface area contributed by atoms with Crippen molar-refractivity contribution in [2.75, 3.05) is 6.61 Å². The van der Waals surface area contributed by atoms with Gasteiger partial charge in [-0.3, -0.25) is 0 Å². The molecule has 0 spiro atoms. The maximum absolute atomic E-state index is 13.5. The van der Waals surface area contributed by atoms with Gasteiger partial charge in [-0.05, 0) is 27.6 Å². The number of halogens is 3. The SMILES string of the molecule is CC1(C)COC(=O)N[C@H]1c1cccc(F)c1Br.Cl. The molecule has 1 aliphatic heterocycles. The third kappa shape index (κ3) is 2.78. The Morgan fingerprint density at radius 1 is 1.50 bits per heavy atom. The molecule has 0 radical (unpaired) electrons. The number of hydrogen-bond acceptors (Lipinski definition) is 2. The summed E-state index contributed by atoms with van der Waals surface area (Å²) in [4.78, 5) is 11.3. The normalized spacial score (nSPS) is 21.6. The highest BCUT2D eigenvalue weighted by Gasteiger charge is 2.39. The van der Waals surface area contributed by atoms with Crippen molar-refractivity contribution < 1.29 is 13.9 Å². The Morgan fingerprint density at radius 2 is 2.17 bits per heavy atom. The van der Waals surface area contributed by atoms with Crippen LogP contribution in [0.5, 0.6) is 0 Å². The lowest BCUT2D eigenvalue weighted by molar-refractivity contribution is 0.0384. The summed E-state index contributed by atoms with van der Waals surface area (Å²) in [7, 11) is 0. The van der Waals surface area contributed by atoms with Crippen LogP contribution in [-0.2, 0) is 4.74 Å². The molecule has 18 heavy (non-hydrogen) atoms. The molecule has 0 saturated carbocycles. The van der Waals surface area contributed by atoms with Crippen LogP contribution in [0.4, 0.5) is 9.18 Å². The third-order valence-corrected chi connectivity index (χ3v) is 3.75. The average Bonchev–Trinajstić information content (AvgIpc) is 2.26. The molecule has 0 aliphatic carbocycles. The number of cyclic esters (lactones) is 1. The molecule has 1 amide bonds. The molecule has 1 saturated heterocycles. The molecule has 1 atom stereocenters. The number of rotatable bonds is 1. The molecular weight excluding hydrogens is 324 g/mol. The Balaban J connectivity index is 0.00000162. The van der Waals surface area contributed by atoms with Gasteiger partial charge in [-0.1, -0.05) is 26.0 Å². The Bertz CT molecular complexity index is 467. The number of benzene rings is 1. The van der Waals surface area contributed by atoms with Crippen LogP contribution in [0.3, 0.4) is 0 Å². The molecule has 1 N–H and O–H groups in total. The van der Waals surface area contributed by atoms with Crippen LogP contribution >= 0.6 is 28.3 Å². The minimum Gasteiger partial charge on any atom is -0.449 e. The summed E-state index contributed by atoms with van der Waals surface area (Å²) >= 11 is 3.22.